The summed E-state index contributed by atoms with van der Waals surface area (Å²) in [4.78, 5) is 24.0. The predicted molar refractivity (Wildman–Crippen MR) is 89.3 cm³/mol. The van der Waals surface area contributed by atoms with Gasteiger partial charge in [0.15, 0.2) is 0 Å². The van der Waals surface area contributed by atoms with Crippen molar-refractivity contribution in [3.05, 3.63) is 29.8 Å². The van der Waals surface area contributed by atoms with Crippen molar-refractivity contribution in [2.24, 2.45) is 0 Å². The van der Waals surface area contributed by atoms with Crippen molar-refractivity contribution >= 4 is 17.5 Å². The fourth-order valence-corrected chi connectivity index (χ4v) is 2.51. The lowest BCUT2D eigenvalue weighted by molar-refractivity contribution is -0.124. The lowest BCUT2D eigenvalue weighted by atomic mass is 10.1. The molecule has 0 saturated carbocycles. The topological polar surface area (TPSA) is 79.5 Å². The van der Waals surface area contributed by atoms with Gasteiger partial charge >= 0.3 is 0 Å². The van der Waals surface area contributed by atoms with Crippen molar-refractivity contribution in [3.8, 4) is 0 Å². The van der Waals surface area contributed by atoms with Gasteiger partial charge in [0, 0.05) is 18.3 Å². The van der Waals surface area contributed by atoms with Gasteiger partial charge in [0.25, 0.3) is 0 Å². The van der Waals surface area contributed by atoms with Gasteiger partial charge in [0.1, 0.15) is 6.04 Å². The lowest BCUT2D eigenvalue weighted by Gasteiger charge is -2.29. The highest BCUT2D eigenvalue weighted by molar-refractivity contribution is 5.95. The molecule has 2 atom stereocenters. The Balaban J connectivity index is 1.89. The van der Waals surface area contributed by atoms with Gasteiger partial charge < -0.3 is 20.7 Å². The molecule has 0 spiro atoms. The number of morpholine rings is 1. The van der Waals surface area contributed by atoms with Crippen LogP contribution in [0.2, 0.25) is 0 Å². The highest BCUT2D eigenvalue weighted by atomic mass is 16.5. The standard InChI is InChI=1S/C17H25N3O3/c1-11(2)19-15(21)10-13-4-6-14(7-5-13)20-17(22)16-12(3)23-9-8-18-16/h4-7,11-12,16,18H,8-10H2,1-3H3,(H,19,21)(H,20,22)/t12-,16+/m1/s1. The molecule has 0 aromatic heterocycles. The summed E-state index contributed by atoms with van der Waals surface area (Å²) < 4.78 is 5.48. The summed E-state index contributed by atoms with van der Waals surface area (Å²) in [5.74, 6) is -0.114. The summed E-state index contributed by atoms with van der Waals surface area (Å²) >= 11 is 0. The normalized spacial score (nSPS) is 21.0. The number of hydrogen-bond acceptors (Lipinski definition) is 4. The summed E-state index contributed by atoms with van der Waals surface area (Å²) in [5.41, 5.74) is 1.62. The maximum absolute atomic E-state index is 12.2. The van der Waals surface area contributed by atoms with Crippen molar-refractivity contribution in [2.45, 2.75) is 45.4 Å². The SMILES string of the molecule is CC(C)NC(=O)Cc1ccc(NC(=O)[C@H]2NCCO[C@@H]2C)cc1. The van der Waals surface area contributed by atoms with E-state index in [0.717, 1.165) is 5.56 Å². The fraction of sp³-hybridized carbons (Fsp3) is 0.529. The number of nitrogens with one attached hydrogen (secondary N) is 3. The molecule has 2 rings (SSSR count). The van der Waals surface area contributed by atoms with Crippen LogP contribution in [-0.4, -0.2) is 43.2 Å². The second-order valence-corrected chi connectivity index (χ2v) is 6.09. The van der Waals surface area contributed by atoms with E-state index in [-0.39, 0.29) is 30.0 Å². The fourth-order valence-electron chi connectivity index (χ4n) is 2.51. The summed E-state index contributed by atoms with van der Waals surface area (Å²) in [6, 6.07) is 7.11. The molecule has 1 aliphatic rings. The van der Waals surface area contributed by atoms with Gasteiger partial charge in [0.05, 0.1) is 19.1 Å². The Labute approximate surface area is 137 Å². The number of amides is 2. The third-order valence-electron chi connectivity index (χ3n) is 3.63. The van der Waals surface area contributed by atoms with Crippen molar-refractivity contribution in [1.82, 2.24) is 10.6 Å². The highest BCUT2D eigenvalue weighted by Gasteiger charge is 2.28. The van der Waals surface area contributed by atoms with Crippen molar-refractivity contribution < 1.29 is 14.3 Å². The minimum Gasteiger partial charge on any atom is -0.375 e. The van der Waals surface area contributed by atoms with E-state index < -0.39 is 0 Å². The van der Waals surface area contributed by atoms with E-state index >= 15 is 0 Å². The minimum absolute atomic E-state index is 0.00540. The number of carbonyl (C=O) groups excluding carboxylic acids is 2. The number of hydrogen-bond donors (Lipinski definition) is 3. The Morgan fingerprint density at radius 1 is 1.30 bits per heavy atom. The quantitative estimate of drug-likeness (QED) is 0.758. The molecule has 0 unspecified atom stereocenters. The Morgan fingerprint density at radius 2 is 2.00 bits per heavy atom. The molecule has 1 heterocycles. The van der Waals surface area contributed by atoms with Crippen molar-refractivity contribution in [1.29, 1.82) is 0 Å². The molecule has 1 aromatic rings. The molecule has 6 nitrogen and oxygen atoms in total. The van der Waals surface area contributed by atoms with Gasteiger partial charge in [-0.05, 0) is 38.5 Å². The van der Waals surface area contributed by atoms with Gasteiger partial charge in [-0.3, -0.25) is 9.59 Å². The van der Waals surface area contributed by atoms with Crippen LogP contribution in [0.15, 0.2) is 24.3 Å². The molecular weight excluding hydrogens is 294 g/mol. The Kier molecular flexibility index (Phi) is 6.12. The number of benzene rings is 1. The molecule has 1 aliphatic heterocycles. The molecule has 0 aliphatic carbocycles. The Bertz CT molecular complexity index is 543. The largest absolute Gasteiger partial charge is 0.375 e. The molecule has 126 valence electrons. The van der Waals surface area contributed by atoms with Crippen LogP contribution < -0.4 is 16.0 Å². The number of ether oxygens (including phenoxy) is 1. The second-order valence-electron chi connectivity index (χ2n) is 6.09. The van der Waals surface area contributed by atoms with Crippen LogP contribution in [-0.2, 0) is 20.7 Å². The first-order valence-electron chi connectivity index (χ1n) is 8.00. The first-order chi connectivity index (χ1) is 11.0. The molecule has 2 amide bonds. The molecule has 3 N–H and O–H groups in total. The summed E-state index contributed by atoms with van der Waals surface area (Å²) in [5, 5.41) is 8.88. The van der Waals surface area contributed by atoms with Crippen molar-refractivity contribution in [2.75, 3.05) is 18.5 Å². The molecule has 23 heavy (non-hydrogen) atoms. The van der Waals surface area contributed by atoms with Crippen LogP contribution in [0.1, 0.15) is 26.3 Å². The summed E-state index contributed by atoms with van der Waals surface area (Å²) in [7, 11) is 0. The molecule has 1 aromatic carbocycles. The first-order valence-corrected chi connectivity index (χ1v) is 8.00. The van der Waals surface area contributed by atoms with E-state index in [2.05, 4.69) is 16.0 Å². The second kappa shape index (κ2) is 8.08. The minimum atomic E-state index is -0.347. The van der Waals surface area contributed by atoms with Crippen molar-refractivity contribution in [3.63, 3.8) is 0 Å². The van der Waals surface area contributed by atoms with Gasteiger partial charge in [-0.15, -0.1) is 0 Å². The van der Waals surface area contributed by atoms with Crippen LogP contribution in [0, 0.1) is 0 Å². The van der Waals surface area contributed by atoms with Gasteiger partial charge in [-0.2, -0.15) is 0 Å². The number of anilines is 1. The smallest absolute Gasteiger partial charge is 0.244 e. The first kappa shape index (κ1) is 17.4. The van der Waals surface area contributed by atoms with Gasteiger partial charge in [-0.1, -0.05) is 12.1 Å². The zero-order valence-electron chi connectivity index (χ0n) is 13.9. The molecule has 0 radical (unpaired) electrons. The van der Waals surface area contributed by atoms with E-state index in [0.29, 0.717) is 25.3 Å². The molecule has 1 fully saturated rings. The van der Waals surface area contributed by atoms with E-state index in [1.807, 2.05) is 45.0 Å². The summed E-state index contributed by atoms with van der Waals surface area (Å²) in [6.07, 6.45) is 0.185. The third-order valence-corrected chi connectivity index (χ3v) is 3.63. The maximum Gasteiger partial charge on any atom is 0.244 e. The predicted octanol–water partition coefficient (Wildman–Crippen LogP) is 1.07. The van der Waals surface area contributed by atoms with Crippen LogP contribution in [0.3, 0.4) is 0 Å². The molecule has 6 heteroatoms. The van der Waals surface area contributed by atoms with Gasteiger partial charge in [0.2, 0.25) is 11.8 Å². The average molecular weight is 319 g/mol. The van der Waals surface area contributed by atoms with Crippen LogP contribution in [0.25, 0.3) is 0 Å². The highest BCUT2D eigenvalue weighted by Crippen LogP contribution is 2.12. The van der Waals surface area contributed by atoms with E-state index in [9.17, 15) is 9.59 Å². The summed E-state index contributed by atoms with van der Waals surface area (Å²) in [6.45, 7) is 7.04. The maximum atomic E-state index is 12.2. The molecule has 1 saturated heterocycles. The van der Waals surface area contributed by atoms with E-state index in [1.165, 1.54) is 0 Å². The third kappa shape index (κ3) is 5.33. The Morgan fingerprint density at radius 3 is 2.61 bits per heavy atom. The van der Waals surface area contributed by atoms with E-state index in [4.69, 9.17) is 4.74 Å². The number of carbonyl (C=O) groups is 2. The van der Waals surface area contributed by atoms with Crippen LogP contribution in [0.4, 0.5) is 5.69 Å². The van der Waals surface area contributed by atoms with Crippen LogP contribution >= 0.6 is 0 Å². The van der Waals surface area contributed by atoms with Gasteiger partial charge in [-0.25, -0.2) is 0 Å². The average Bonchev–Trinajstić information content (AvgIpc) is 2.48. The molecular formula is C17H25N3O3. The Hall–Kier alpha value is -1.92. The number of rotatable bonds is 5. The zero-order valence-corrected chi connectivity index (χ0v) is 13.9. The van der Waals surface area contributed by atoms with E-state index in [1.54, 1.807) is 0 Å². The lowest BCUT2D eigenvalue weighted by Crippen LogP contribution is -2.53. The van der Waals surface area contributed by atoms with Crippen LogP contribution in [0.5, 0.6) is 0 Å². The molecule has 0 bridgehead atoms. The zero-order chi connectivity index (χ0) is 16.8. The monoisotopic (exact) mass is 319 g/mol.